The van der Waals surface area contributed by atoms with Gasteiger partial charge in [0.2, 0.25) is 0 Å². The van der Waals surface area contributed by atoms with Crippen LogP contribution in [0.1, 0.15) is 72.0 Å². The number of halogens is 2. The standard InChI is InChI=1S/C19H19.C18H17.2CH3.2ClH.H2Si.Zr/c1-4-15-11-18-14(3)7-10-17(19(18)12-15)16-8-5-13(2)6-9-16;1-12-4-7-15(8-5-12)16-9-6-14(3)17-10-13(2)11-18(16)17;;;;;;/h5-12H,4H2,1-3H3;4-11H,1-3H3;2*1H3;2*1H;1H2;. The van der Waals surface area contributed by atoms with Gasteiger partial charge in [-0.05, 0) is 0 Å². The average molecular weight is 705 g/mol. The minimum absolute atomic E-state index is 0. The average Bonchev–Trinajstić information content (AvgIpc) is 3.51. The van der Waals surface area contributed by atoms with E-state index in [1.165, 1.54) is 55.6 Å². The Hall–Kier alpha value is -1.96. The van der Waals surface area contributed by atoms with Crippen LogP contribution in [0.15, 0.2) is 83.9 Å². The van der Waals surface area contributed by atoms with Crippen molar-refractivity contribution in [1.82, 2.24) is 0 Å². The second-order valence-electron chi connectivity index (χ2n) is 14.0. The minimum Gasteiger partial charge on any atom is -0.147 e. The van der Waals surface area contributed by atoms with Gasteiger partial charge in [0, 0.05) is 0 Å². The molecule has 0 aromatic heterocycles. The molecular formula is C39H46Cl2SiZr. The van der Waals surface area contributed by atoms with Gasteiger partial charge in [-0.2, -0.15) is 0 Å². The van der Waals surface area contributed by atoms with Crippen molar-refractivity contribution in [2.75, 3.05) is 0 Å². The fourth-order valence-corrected chi connectivity index (χ4v) is 29.1. The third kappa shape index (κ3) is 5.56. The second kappa shape index (κ2) is 12.1. The molecule has 0 N–H and O–H groups in total. The van der Waals surface area contributed by atoms with E-state index in [1.54, 1.807) is 22.3 Å². The largest absolute Gasteiger partial charge is 0.147 e. The molecule has 2 unspecified atom stereocenters. The zero-order valence-electron chi connectivity index (χ0n) is 27.0. The zero-order chi connectivity index (χ0) is 29.3. The van der Waals surface area contributed by atoms with Crippen molar-refractivity contribution in [1.29, 1.82) is 0 Å². The molecular weight excluding hydrogens is 659 g/mol. The Morgan fingerprint density at radius 2 is 1.00 bits per heavy atom. The molecule has 4 aromatic rings. The van der Waals surface area contributed by atoms with Gasteiger partial charge in [-0.1, -0.05) is 0 Å². The molecule has 224 valence electrons. The number of benzene rings is 4. The second-order valence-corrected chi connectivity index (χ2v) is 44.5. The summed E-state index contributed by atoms with van der Waals surface area (Å²) in [5, 5.41) is 0. The van der Waals surface area contributed by atoms with Crippen molar-refractivity contribution in [3.63, 3.8) is 0 Å². The van der Waals surface area contributed by atoms with Crippen LogP contribution in [-0.2, 0) is 17.4 Å². The van der Waals surface area contributed by atoms with Gasteiger partial charge in [-0.15, -0.1) is 24.8 Å². The van der Waals surface area contributed by atoms with Crippen LogP contribution >= 0.6 is 24.8 Å². The monoisotopic (exact) mass is 702 g/mol. The molecule has 0 saturated heterocycles. The number of rotatable bonds is 5. The van der Waals surface area contributed by atoms with Crippen LogP contribution in [-0.4, -0.2) is 6.88 Å². The third-order valence-electron chi connectivity index (χ3n) is 10.1. The van der Waals surface area contributed by atoms with E-state index in [0.717, 1.165) is 6.42 Å². The summed E-state index contributed by atoms with van der Waals surface area (Å²) < 4.78 is 6.62. The first-order valence-corrected chi connectivity index (χ1v) is 28.9. The van der Waals surface area contributed by atoms with Crippen molar-refractivity contribution in [2.45, 2.75) is 64.5 Å². The van der Waals surface area contributed by atoms with E-state index in [9.17, 15) is 0 Å². The van der Waals surface area contributed by atoms with E-state index in [1.807, 2.05) is 0 Å². The minimum atomic E-state index is -3.63. The number of aryl methyl sites for hydroxylation is 4. The molecule has 43 heavy (non-hydrogen) atoms. The maximum Gasteiger partial charge on any atom is -0.147 e. The maximum atomic E-state index is 2.77. The molecule has 0 bridgehead atoms. The Labute approximate surface area is 274 Å². The van der Waals surface area contributed by atoms with E-state index >= 15 is 0 Å². The van der Waals surface area contributed by atoms with E-state index in [4.69, 9.17) is 0 Å². The molecule has 4 aromatic carbocycles. The van der Waals surface area contributed by atoms with E-state index in [2.05, 4.69) is 143 Å². The molecule has 2 atom stereocenters. The van der Waals surface area contributed by atoms with Gasteiger partial charge in [0.05, 0.1) is 0 Å². The van der Waals surface area contributed by atoms with Crippen molar-refractivity contribution in [2.24, 2.45) is 0 Å². The summed E-state index contributed by atoms with van der Waals surface area (Å²) in [6, 6.07) is 27.7. The molecule has 0 heterocycles. The number of hydrogen-bond acceptors (Lipinski definition) is 0. The number of hydrogen-bond donors (Lipinski definition) is 0. The predicted molar refractivity (Wildman–Crippen MR) is 195 cm³/mol. The SMILES string of the molecule is CCC1=Cc2c(-c3ccc(C)cc3)ccc(C)c2[CH]1[Zr]([CH3])([CH3])(=[SiH2])[CH]1C(C)=Cc2c(-c3ccc(C)cc3)ccc(C)c21.Cl.Cl. The molecule has 2 aliphatic rings. The number of allylic oxidation sites excluding steroid dienone is 2. The van der Waals surface area contributed by atoms with Gasteiger partial charge >= 0.3 is 252 Å². The van der Waals surface area contributed by atoms with Crippen LogP contribution in [0.3, 0.4) is 0 Å². The summed E-state index contributed by atoms with van der Waals surface area (Å²) >= 11 is -3.63. The Balaban J connectivity index is 0.00000212. The van der Waals surface area contributed by atoms with Crippen molar-refractivity contribution < 1.29 is 17.4 Å². The molecule has 4 heteroatoms. The zero-order valence-corrected chi connectivity index (χ0v) is 32.5. The van der Waals surface area contributed by atoms with Crippen LogP contribution in [0.2, 0.25) is 9.26 Å². The van der Waals surface area contributed by atoms with Crippen LogP contribution in [0.25, 0.3) is 34.4 Å². The fourth-order valence-electron chi connectivity index (χ4n) is 8.31. The molecule has 6 rings (SSSR count). The molecule has 0 spiro atoms. The molecule has 0 fully saturated rings. The molecule has 0 amide bonds. The van der Waals surface area contributed by atoms with Gasteiger partial charge in [-0.3, -0.25) is 0 Å². The quantitative estimate of drug-likeness (QED) is 0.181. The Bertz CT molecular complexity index is 1840. The van der Waals surface area contributed by atoms with Crippen LogP contribution in [0, 0.1) is 27.7 Å². The first-order valence-electron chi connectivity index (χ1n) is 15.3. The van der Waals surface area contributed by atoms with Gasteiger partial charge in [0.1, 0.15) is 0 Å². The topological polar surface area (TPSA) is 0 Å². The Morgan fingerprint density at radius 3 is 1.44 bits per heavy atom. The van der Waals surface area contributed by atoms with Crippen molar-refractivity contribution in [3.8, 4) is 22.3 Å². The van der Waals surface area contributed by atoms with E-state index in [0.29, 0.717) is 7.25 Å². The fraction of sp³-hybridized carbons (Fsp3) is 0.282. The normalized spacial score (nSPS) is 17.3. The van der Waals surface area contributed by atoms with E-state index < -0.39 is 17.4 Å². The van der Waals surface area contributed by atoms with Gasteiger partial charge in [-0.25, -0.2) is 0 Å². The predicted octanol–water partition coefficient (Wildman–Crippen LogP) is 11.4. The molecule has 0 nitrogen and oxygen atoms in total. The first-order chi connectivity index (χ1) is 19.4. The van der Waals surface area contributed by atoms with Crippen LogP contribution in [0.5, 0.6) is 0 Å². The van der Waals surface area contributed by atoms with Gasteiger partial charge < -0.3 is 0 Å². The molecule has 0 saturated carbocycles. The summed E-state index contributed by atoms with van der Waals surface area (Å²) in [5.74, 6) is 0. The van der Waals surface area contributed by atoms with Gasteiger partial charge in [0.15, 0.2) is 0 Å². The van der Waals surface area contributed by atoms with E-state index in [-0.39, 0.29) is 24.8 Å². The van der Waals surface area contributed by atoms with Crippen LogP contribution < -0.4 is 0 Å². The maximum absolute atomic E-state index is 3.63. The Morgan fingerprint density at radius 1 is 0.581 bits per heavy atom. The van der Waals surface area contributed by atoms with Crippen molar-refractivity contribution in [3.05, 3.63) is 128 Å². The molecule has 0 radical (unpaired) electrons. The molecule has 2 aliphatic carbocycles. The first kappa shape index (κ1) is 33.9. The summed E-state index contributed by atoms with van der Waals surface area (Å²) in [5.41, 5.74) is 20.4. The molecule has 0 aliphatic heterocycles. The summed E-state index contributed by atoms with van der Waals surface area (Å²) in [6.07, 6.45) is 6.26. The van der Waals surface area contributed by atoms with Crippen molar-refractivity contribution >= 4 is 43.8 Å². The smallest absolute Gasteiger partial charge is 0.147 e. The third-order valence-corrected chi connectivity index (χ3v) is 27.7. The number of fused-ring (bicyclic) bond motifs is 2. The summed E-state index contributed by atoms with van der Waals surface area (Å²) in [7, 11) is 0. The summed E-state index contributed by atoms with van der Waals surface area (Å²) in [6.45, 7) is 16.3. The Kier molecular flexibility index (Phi) is 9.54. The summed E-state index contributed by atoms with van der Waals surface area (Å²) in [4.78, 5) is 0. The van der Waals surface area contributed by atoms with Crippen LogP contribution in [0.4, 0.5) is 0 Å². The van der Waals surface area contributed by atoms with Gasteiger partial charge in [0.25, 0.3) is 0 Å².